The summed E-state index contributed by atoms with van der Waals surface area (Å²) >= 11 is 0. The van der Waals surface area contributed by atoms with Gasteiger partial charge in [0.05, 0.1) is 0 Å². The standard InChI is InChI=1S/C9H20N2/c10-7-3-5-8-4-1-2-6-9(8)11/h8-9H,1-7,10-11H2. The zero-order chi connectivity index (χ0) is 8.10. The van der Waals surface area contributed by atoms with Crippen LogP contribution in [0.15, 0.2) is 0 Å². The first-order valence-corrected chi connectivity index (χ1v) is 4.80. The van der Waals surface area contributed by atoms with E-state index in [4.69, 9.17) is 11.5 Å². The van der Waals surface area contributed by atoms with Crippen molar-refractivity contribution in [2.75, 3.05) is 6.54 Å². The van der Waals surface area contributed by atoms with E-state index in [0.717, 1.165) is 18.9 Å². The van der Waals surface area contributed by atoms with Crippen LogP contribution in [0.2, 0.25) is 0 Å². The largest absolute Gasteiger partial charge is 0.330 e. The molecule has 0 aromatic heterocycles. The quantitative estimate of drug-likeness (QED) is 0.646. The topological polar surface area (TPSA) is 52.0 Å². The fourth-order valence-electron chi connectivity index (χ4n) is 1.97. The molecule has 2 atom stereocenters. The average molecular weight is 156 g/mol. The summed E-state index contributed by atoms with van der Waals surface area (Å²) < 4.78 is 0. The molecule has 0 aromatic rings. The van der Waals surface area contributed by atoms with Gasteiger partial charge >= 0.3 is 0 Å². The highest BCUT2D eigenvalue weighted by Crippen LogP contribution is 2.26. The molecule has 0 amide bonds. The zero-order valence-electron chi connectivity index (χ0n) is 7.26. The second-order valence-corrected chi connectivity index (χ2v) is 3.64. The highest BCUT2D eigenvalue weighted by Gasteiger charge is 2.20. The van der Waals surface area contributed by atoms with Crippen LogP contribution in [0, 0.1) is 5.92 Å². The monoisotopic (exact) mass is 156 g/mol. The zero-order valence-corrected chi connectivity index (χ0v) is 7.26. The van der Waals surface area contributed by atoms with E-state index < -0.39 is 0 Å². The predicted molar refractivity (Wildman–Crippen MR) is 48.2 cm³/mol. The van der Waals surface area contributed by atoms with Crippen molar-refractivity contribution in [1.29, 1.82) is 0 Å². The van der Waals surface area contributed by atoms with E-state index in [-0.39, 0.29) is 0 Å². The van der Waals surface area contributed by atoms with E-state index in [9.17, 15) is 0 Å². The molecule has 66 valence electrons. The van der Waals surface area contributed by atoms with Gasteiger partial charge in [-0.3, -0.25) is 0 Å². The molecular formula is C9H20N2. The van der Waals surface area contributed by atoms with E-state index >= 15 is 0 Å². The third-order valence-electron chi connectivity index (χ3n) is 2.75. The van der Waals surface area contributed by atoms with E-state index in [1.54, 1.807) is 0 Å². The number of hydrogen-bond donors (Lipinski definition) is 2. The summed E-state index contributed by atoms with van der Waals surface area (Å²) in [4.78, 5) is 0. The Hall–Kier alpha value is -0.0800. The van der Waals surface area contributed by atoms with Gasteiger partial charge in [-0.05, 0) is 38.1 Å². The Morgan fingerprint density at radius 1 is 1.18 bits per heavy atom. The molecule has 2 nitrogen and oxygen atoms in total. The molecule has 1 aliphatic carbocycles. The van der Waals surface area contributed by atoms with Crippen molar-refractivity contribution in [2.45, 2.75) is 44.6 Å². The Kier molecular flexibility index (Phi) is 3.87. The van der Waals surface area contributed by atoms with E-state index in [1.807, 2.05) is 0 Å². The van der Waals surface area contributed by atoms with Gasteiger partial charge in [0.2, 0.25) is 0 Å². The predicted octanol–water partition coefficient (Wildman–Crippen LogP) is 1.24. The number of nitrogens with two attached hydrogens (primary N) is 2. The summed E-state index contributed by atoms with van der Waals surface area (Å²) in [6, 6.07) is 0.468. The molecule has 0 aromatic carbocycles. The Morgan fingerprint density at radius 2 is 1.91 bits per heavy atom. The maximum Gasteiger partial charge on any atom is 0.00671 e. The molecule has 0 radical (unpaired) electrons. The van der Waals surface area contributed by atoms with Crippen molar-refractivity contribution in [3.63, 3.8) is 0 Å². The highest BCUT2D eigenvalue weighted by atomic mass is 14.7. The highest BCUT2D eigenvalue weighted by molar-refractivity contribution is 4.77. The van der Waals surface area contributed by atoms with Crippen LogP contribution < -0.4 is 11.5 Å². The van der Waals surface area contributed by atoms with E-state index in [2.05, 4.69) is 0 Å². The Balaban J connectivity index is 2.18. The van der Waals surface area contributed by atoms with E-state index in [0.29, 0.717) is 6.04 Å². The fraction of sp³-hybridized carbons (Fsp3) is 1.00. The first-order chi connectivity index (χ1) is 5.34. The van der Waals surface area contributed by atoms with Crippen LogP contribution in [0.1, 0.15) is 38.5 Å². The van der Waals surface area contributed by atoms with Gasteiger partial charge in [0, 0.05) is 6.04 Å². The van der Waals surface area contributed by atoms with E-state index in [1.165, 1.54) is 32.1 Å². The fourth-order valence-corrected chi connectivity index (χ4v) is 1.97. The van der Waals surface area contributed by atoms with Crippen LogP contribution in [-0.2, 0) is 0 Å². The second kappa shape index (κ2) is 4.73. The minimum atomic E-state index is 0.468. The van der Waals surface area contributed by atoms with Crippen LogP contribution in [-0.4, -0.2) is 12.6 Å². The third-order valence-corrected chi connectivity index (χ3v) is 2.75. The summed E-state index contributed by atoms with van der Waals surface area (Å²) in [5.41, 5.74) is 11.4. The molecule has 11 heavy (non-hydrogen) atoms. The normalized spacial score (nSPS) is 32.2. The third kappa shape index (κ3) is 2.80. The summed E-state index contributed by atoms with van der Waals surface area (Å²) in [6.45, 7) is 0.823. The molecule has 1 aliphatic rings. The van der Waals surface area contributed by atoms with Crippen molar-refractivity contribution in [2.24, 2.45) is 17.4 Å². The Labute approximate surface area is 69.3 Å². The lowest BCUT2D eigenvalue weighted by Crippen LogP contribution is -2.33. The van der Waals surface area contributed by atoms with Gasteiger partial charge in [-0.1, -0.05) is 12.8 Å². The van der Waals surface area contributed by atoms with Crippen molar-refractivity contribution in [3.8, 4) is 0 Å². The molecule has 1 fully saturated rings. The SMILES string of the molecule is NCCCC1CCCCC1N. The van der Waals surface area contributed by atoms with Gasteiger partial charge in [0.25, 0.3) is 0 Å². The average Bonchev–Trinajstić information content (AvgIpc) is 2.03. The summed E-state index contributed by atoms with van der Waals surface area (Å²) in [5.74, 6) is 0.771. The first-order valence-electron chi connectivity index (χ1n) is 4.80. The van der Waals surface area contributed by atoms with Gasteiger partial charge < -0.3 is 11.5 Å². The molecule has 0 saturated heterocycles. The lowest BCUT2D eigenvalue weighted by molar-refractivity contribution is 0.288. The van der Waals surface area contributed by atoms with Gasteiger partial charge in [-0.25, -0.2) is 0 Å². The first kappa shape index (κ1) is 9.01. The molecule has 0 bridgehead atoms. The number of hydrogen-bond acceptors (Lipinski definition) is 2. The molecule has 0 heterocycles. The van der Waals surface area contributed by atoms with Crippen LogP contribution in [0.4, 0.5) is 0 Å². The van der Waals surface area contributed by atoms with Gasteiger partial charge in [0.15, 0.2) is 0 Å². The lowest BCUT2D eigenvalue weighted by atomic mass is 9.82. The Morgan fingerprint density at radius 3 is 2.55 bits per heavy atom. The molecular weight excluding hydrogens is 136 g/mol. The summed E-state index contributed by atoms with van der Waals surface area (Å²) in [6.07, 6.45) is 7.68. The van der Waals surface area contributed by atoms with Crippen molar-refractivity contribution >= 4 is 0 Å². The van der Waals surface area contributed by atoms with Crippen LogP contribution >= 0.6 is 0 Å². The summed E-state index contributed by atoms with van der Waals surface area (Å²) in [7, 11) is 0. The molecule has 0 aliphatic heterocycles. The van der Waals surface area contributed by atoms with Crippen LogP contribution in [0.3, 0.4) is 0 Å². The molecule has 1 rings (SSSR count). The van der Waals surface area contributed by atoms with Gasteiger partial charge in [-0.15, -0.1) is 0 Å². The molecule has 2 unspecified atom stereocenters. The van der Waals surface area contributed by atoms with Gasteiger partial charge in [0.1, 0.15) is 0 Å². The minimum absolute atomic E-state index is 0.468. The van der Waals surface area contributed by atoms with Crippen molar-refractivity contribution in [3.05, 3.63) is 0 Å². The Bertz CT molecular complexity index is 104. The van der Waals surface area contributed by atoms with Crippen molar-refractivity contribution in [1.82, 2.24) is 0 Å². The van der Waals surface area contributed by atoms with Gasteiger partial charge in [-0.2, -0.15) is 0 Å². The molecule has 0 spiro atoms. The minimum Gasteiger partial charge on any atom is -0.330 e. The maximum absolute atomic E-state index is 5.98. The van der Waals surface area contributed by atoms with Crippen LogP contribution in [0.25, 0.3) is 0 Å². The lowest BCUT2D eigenvalue weighted by Gasteiger charge is -2.28. The molecule has 1 saturated carbocycles. The maximum atomic E-state index is 5.98. The van der Waals surface area contributed by atoms with Crippen LogP contribution in [0.5, 0.6) is 0 Å². The number of rotatable bonds is 3. The van der Waals surface area contributed by atoms with Crippen molar-refractivity contribution < 1.29 is 0 Å². The second-order valence-electron chi connectivity index (χ2n) is 3.64. The molecule has 2 heteroatoms. The summed E-state index contributed by atoms with van der Waals surface area (Å²) in [5, 5.41) is 0. The molecule has 4 N–H and O–H groups in total. The smallest absolute Gasteiger partial charge is 0.00671 e.